The number of anilines is 1. The number of amides is 3. The molecule has 1 N–H and O–H groups in total. The zero-order chi connectivity index (χ0) is 23.2. The van der Waals surface area contributed by atoms with Crippen LogP contribution in [0.3, 0.4) is 0 Å². The van der Waals surface area contributed by atoms with E-state index in [1.165, 1.54) is 0 Å². The Kier molecular flexibility index (Phi) is 7.45. The van der Waals surface area contributed by atoms with Gasteiger partial charge in [0.1, 0.15) is 6.54 Å². The van der Waals surface area contributed by atoms with Gasteiger partial charge in [-0.15, -0.1) is 11.3 Å². The second-order valence-corrected chi connectivity index (χ2v) is 9.92. The quantitative estimate of drug-likeness (QED) is 0.435. The number of rotatable bonds is 9. The number of hydrogen-bond donors (Lipinski definition) is 1. The van der Waals surface area contributed by atoms with Gasteiger partial charge in [-0.05, 0) is 61.2 Å². The molecule has 2 aromatic carbocycles. The number of hydrogen-bond acceptors (Lipinski definition) is 3. The Bertz CT molecular complexity index is 1080. The Morgan fingerprint density at radius 2 is 1.76 bits per heavy atom. The fraction of sp³-hybridized carbons (Fsp3) is 0.333. The first kappa shape index (κ1) is 23.1. The normalized spacial score (nSPS) is 12.9. The van der Waals surface area contributed by atoms with Gasteiger partial charge in [0, 0.05) is 23.7 Å². The van der Waals surface area contributed by atoms with E-state index in [4.69, 9.17) is 0 Å². The van der Waals surface area contributed by atoms with Crippen molar-refractivity contribution in [1.29, 1.82) is 0 Å². The Hall–Kier alpha value is -3.12. The number of nitrogens with zero attached hydrogens (tertiary/aromatic N) is 2. The SMILES string of the molecule is Cc1ccc(NC(=O)N(CC(=O)N(Cc2ccccc2)Cc2cccs2)CC2CC2)c(C)c1. The van der Waals surface area contributed by atoms with Crippen LogP contribution in [0.25, 0.3) is 0 Å². The third-order valence-electron chi connectivity index (χ3n) is 5.91. The van der Waals surface area contributed by atoms with Crippen LogP contribution in [0.4, 0.5) is 10.5 Å². The largest absolute Gasteiger partial charge is 0.332 e. The summed E-state index contributed by atoms with van der Waals surface area (Å²) in [6.07, 6.45) is 2.23. The van der Waals surface area contributed by atoms with Crippen LogP contribution in [0.1, 0.15) is 34.4 Å². The minimum atomic E-state index is -0.210. The zero-order valence-electron chi connectivity index (χ0n) is 19.3. The van der Waals surface area contributed by atoms with Crippen molar-refractivity contribution in [2.24, 2.45) is 5.92 Å². The molecule has 0 spiro atoms. The molecule has 3 aromatic rings. The van der Waals surface area contributed by atoms with Gasteiger partial charge in [0.15, 0.2) is 0 Å². The van der Waals surface area contributed by atoms with Crippen LogP contribution < -0.4 is 5.32 Å². The highest BCUT2D eigenvalue weighted by Gasteiger charge is 2.29. The molecule has 1 saturated carbocycles. The van der Waals surface area contributed by atoms with Crippen molar-refractivity contribution >= 4 is 29.0 Å². The highest BCUT2D eigenvalue weighted by Crippen LogP contribution is 2.30. The summed E-state index contributed by atoms with van der Waals surface area (Å²) in [7, 11) is 0. The predicted molar refractivity (Wildman–Crippen MR) is 134 cm³/mol. The maximum absolute atomic E-state index is 13.5. The molecule has 33 heavy (non-hydrogen) atoms. The number of thiophene rings is 1. The summed E-state index contributed by atoms with van der Waals surface area (Å²) in [4.78, 5) is 31.3. The van der Waals surface area contributed by atoms with Crippen molar-refractivity contribution < 1.29 is 9.59 Å². The first-order chi connectivity index (χ1) is 16.0. The molecule has 0 atom stereocenters. The molecular formula is C27H31N3O2S. The summed E-state index contributed by atoms with van der Waals surface area (Å²) >= 11 is 1.64. The zero-order valence-corrected chi connectivity index (χ0v) is 20.1. The second kappa shape index (κ2) is 10.7. The number of aryl methyl sites for hydroxylation is 2. The van der Waals surface area contributed by atoms with Crippen molar-refractivity contribution in [3.8, 4) is 0 Å². The van der Waals surface area contributed by atoms with Crippen LogP contribution in [-0.2, 0) is 17.9 Å². The van der Waals surface area contributed by atoms with Crippen LogP contribution in [0.15, 0.2) is 66.0 Å². The predicted octanol–water partition coefficient (Wildman–Crippen LogP) is 5.84. The van der Waals surface area contributed by atoms with Crippen molar-refractivity contribution in [3.63, 3.8) is 0 Å². The summed E-state index contributed by atoms with van der Waals surface area (Å²) in [5.41, 5.74) is 4.04. The van der Waals surface area contributed by atoms with Crippen LogP contribution in [0, 0.1) is 19.8 Å². The summed E-state index contributed by atoms with van der Waals surface area (Å²) in [5.74, 6) is 0.450. The molecule has 1 aromatic heterocycles. The van der Waals surface area contributed by atoms with Crippen molar-refractivity contribution in [2.45, 2.75) is 39.8 Å². The molecule has 1 aliphatic rings. The number of benzene rings is 2. The van der Waals surface area contributed by atoms with Crippen molar-refractivity contribution in [1.82, 2.24) is 9.80 Å². The van der Waals surface area contributed by atoms with Crippen LogP contribution >= 0.6 is 11.3 Å². The van der Waals surface area contributed by atoms with Gasteiger partial charge < -0.3 is 15.1 Å². The van der Waals surface area contributed by atoms with E-state index >= 15 is 0 Å². The standard InChI is InChI=1S/C27H31N3O2S/c1-20-10-13-25(21(2)15-20)28-27(32)30(17-23-11-12-23)19-26(31)29(18-24-9-6-14-33-24)16-22-7-4-3-5-8-22/h3-10,13-15,23H,11-12,16-19H2,1-2H3,(H,28,32). The second-order valence-electron chi connectivity index (χ2n) is 8.89. The highest BCUT2D eigenvalue weighted by molar-refractivity contribution is 7.09. The molecule has 1 fully saturated rings. The fourth-order valence-electron chi connectivity index (χ4n) is 3.87. The van der Waals surface area contributed by atoms with E-state index in [0.717, 1.165) is 40.1 Å². The molecule has 5 nitrogen and oxygen atoms in total. The van der Waals surface area contributed by atoms with E-state index in [1.54, 1.807) is 16.2 Å². The molecule has 0 aliphatic heterocycles. The smallest absolute Gasteiger partial charge is 0.322 e. The van der Waals surface area contributed by atoms with Crippen LogP contribution in [0.2, 0.25) is 0 Å². The molecule has 4 rings (SSSR count). The van der Waals surface area contributed by atoms with E-state index in [9.17, 15) is 9.59 Å². The average molecular weight is 462 g/mol. The lowest BCUT2D eigenvalue weighted by molar-refractivity contribution is -0.133. The molecule has 0 bridgehead atoms. The Morgan fingerprint density at radius 3 is 2.42 bits per heavy atom. The number of urea groups is 1. The van der Waals surface area contributed by atoms with Gasteiger partial charge >= 0.3 is 6.03 Å². The number of carbonyl (C=O) groups is 2. The average Bonchev–Trinajstić information content (AvgIpc) is 3.47. The summed E-state index contributed by atoms with van der Waals surface area (Å²) in [6, 6.07) is 19.8. The molecule has 172 valence electrons. The highest BCUT2D eigenvalue weighted by atomic mass is 32.1. The lowest BCUT2D eigenvalue weighted by atomic mass is 10.1. The third kappa shape index (κ3) is 6.68. The molecule has 0 saturated heterocycles. The Balaban J connectivity index is 1.48. The molecule has 3 amide bonds. The Morgan fingerprint density at radius 1 is 0.970 bits per heavy atom. The minimum Gasteiger partial charge on any atom is -0.332 e. The molecule has 1 heterocycles. The fourth-order valence-corrected chi connectivity index (χ4v) is 4.59. The summed E-state index contributed by atoms with van der Waals surface area (Å²) < 4.78 is 0. The first-order valence-electron chi connectivity index (χ1n) is 11.4. The van der Waals surface area contributed by atoms with Crippen LogP contribution in [-0.4, -0.2) is 34.8 Å². The molecule has 0 radical (unpaired) electrons. The van der Waals surface area contributed by atoms with Gasteiger partial charge in [0.05, 0.1) is 6.54 Å². The van der Waals surface area contributed by atoms with Gasteiger partial charge in [0.25, 0.3) is 0 Å². The molecule has 1 aliphatic carbocycles. The van der Waals surface area contributed by atoms with Crippen molar-refractivity contribution in [2.75, 3.05) is 18.4 Å². The van der Waals surface area contributed by atoms with Gasteiger partial charge in [-0.1, -0.05) is 54.1 Å². The number of carbonyl (C=O) groups excluding carboxylic acids is 2. The van der Waals surface area contributed by atoms with E-state index in [2.05, 4.69) is 11.4 Å². The summed E-state index contributed by atoms with van der Waals surface area (Å²) in [5, 5.41) is 5.05. The van der Waals surface area contributed by atoms with Crippen molar-refractivity contribution in [3.05, 3.63) is 87.6 Å². The molecular weight excluding hydrogens is 430 g/mol. The lowest BCUT2D eigenvalue weighted by Gasteiger charge is -2.28. The van der Waals surface area contributed by atoms with Gasteiger partial charge in [-0.2, -0.15) is 0 Å². The first-order valence-corrected chi connectivity index (χ1v) is 12.3. The molecule has 6 heteroatoms. The van der Waals surface area contributed by atoms with E-state index in [0.29, 0.717) is 25.6 Å². The van der Waals surface area contributed by atoms with Gasteiger partial charge in [0.2, 0.25) is 5.91 Å². The topological polar surface area (TPSA) is 52.7 Å². The monoisotopic (exact) mass is 461 g/mol. The van der Waals surface area contributed by atoms with E-state index in [1.807, 2.05) is 78.7 Å². The maximum Gasteiger partial charge on any atom is 0.322 e. The van der Waals surface area contributed by atoms with Gasteiger partial charge in [-0.3, -0.25) is 4.79 Å². The third-order valence-corrected chi connectivity index (χ3v) is 6.77. The number of nitrogens with one attached hydrogen (secondary N) is 1. The summed E-state index contributed by atoms with van der Waals surface area (Å²) in [6.45, 7) is 5.77. The maximum atomic E-state index is 13.5. The molecule has 0 unspecified atom stereocenters. The minimum absolute atomic E-state index is 0.0383. The van der Waals surface area contributed by atoms with Gasteiger partial charge in [-0.25, -0.2) is 4.79 Å². The lowest BCUT2D eigenvalue weighted by Crippen LogP contribution is -2.45. The van der Waals surface area contributed by atoms with E-state index < -0.39 is 0 Å². The Labute approximate surface area is 200 Å². The van der Waals surface area contributed by atoms with Crippen LogP contribution in [0.5, 0.6) is 0 Å². The van der Waals surface area contributed by atoms with E-state index in [-0.39, 0.29) is 18.5 Å².